The van der Waals surface area contributed by atoms with E-state index < -0.39 is 0 Å². The summed E-state index contributed by atoms with van der Waals surface area (Å²) in [5.74, 6) is 0.441. The maximum absolute atomic E-state index is 9.04. The molecule has 116 valence electrons. The summed E-state index contributed by atoms with van der Waals surface area (Å²) in [6.07, 6.45) is 5.85. The normalized spacial score (nSPS) is 22.1. The smallest absolute Gasteiger partial charge is 0.120 e. The fourth-order valence-corrected chi connectivity index (χ4v) is 3.32. The minimum absolute atomic E-state index is 0.395. The van der Waals surface area contributed by atoms with Crippen molar-refractivity contribution in [1.82, 2.24) is 24.3 Å². The van der Waals surface area contributed by atoms with E-state index in [4.69, 9.17) is 5.26 Å². The van der Waals surface area contributed by atoms with Gasteiger partial charge in [-0.05, 0) is 18.7 Å². The lowest BCUT2D eigenvalue weighted by Crippen LogP contribution is -2.35. The van der Waals surface area contributed by atoms with Crippen LogP contribution in [0.4, 0.5) is 0 Å². The quantitative estimate of drug-likeness (QED) is 0.908. The van der Waals surface area contributed by atoms with E-state index in [9.17, 15) is 0 Å². The lowest BCUT2D eigenvalue weighted by atomic mass is 10.00. The maximum atomic E-state index is 9.04. The SMILES string of the molecule is CN1C[C@@H](NCc2cc(C#N)n(C)c2)[C@H](c2cncn2C)C1. The minimum atomic E-state index is 0.395. The number of nitrogens with one attached hydrogen (secondary N) is 1. The molecule has 22 heavy (non-hydrogen) atoms. The van der Waals surface area contributed by atoms with Crippen LogP contribution in [0.15, 0.2) is 24.8 Å². The predicted octanol–water partition coefficient (Wildman–Crippen LogP) is 0.818. The standard InChI is InChI=1S/C16H22N6/c1-20-9-14(16-7-18-11-22(16)3)15(10-20)19-6-12-4-13(5-17)21(2)8-12/h4,7-8,11,14-15,19H,6,9-10H2,1-3H3/t14-,15-/m1/s1. The first-order valence-electron chi connectivity index (χ1n) is 7.52. The molecule has 1 aliphatic heterocycles. The van der Waals surface area contributed by atoms with E-state index in [1.807, 2.05) is 43.4 Å². The number of aromatic nitrogens is 3. The van der Waals surface area contributed by atoms with Gasteiger partial charge in [-0.2, -0.15) is 5.26 Å². The van der Waals surface area contributed by atoms with E-state index in [1.165, 1.54) is 5.69 Å². The second-order valence-corrected chi connectivity index (χ2v) is 6.20. The molecule has 3 rings (SSSR count). The highest BCUT2D eigenvalue weighted by Gasteiger charge is 2.33. The van der Waals surface area contributed by atoms with Gasteiger partial charge in [0.15, 0.2) is 0 Å². The summed E-state index contributed by atoms with van der Waals surface area (Å²) in [5.41, 5.74) is 3.12. The van der Waals surface area contributed by atoms with Crippen LogP contribution in [0, 0.1) is 11.3 Å². The number of imidazole rings is 1. The number of hydrogen-bond donors (Lipinski definition) is 1. The highest BCUT2D eigenvalue weighted by atomic mass is 15.2. The van der Waals surface area contributed by atoms with Crippen LogP contribution in [0.1, 0.15) is 22.9 Å². The van der Waals surface area contributed by atoms with E-state index in [2.05, 4.69) is 32.9 Å². The Morgan fingerprint density at radius 3 is 2.77 bits per heavy atom. The van der Waals surface area contributed by atoms with E-state index in [1.54, 1.807) is 0 Å². The molecule has 3 heterocycles. The van der Waals surface area contributed by atoms with Crippen molar-refractivity contribution in [2.24, 2.45) is 14.1 Å². The zero-order valence-corrected chi connectivity index (χ0v) is 13.3. The van der Waals surface area contributed by atoms with Gasteiger partial charge in [-0.15, -0.1) is 0 Å². The number of aryl methyl sites for hydroxylation is 2. The van der Waals surface area contributed by atoms with Gasteiger partial charge in [-0.25, -0.2) is 4.98 Å². The van der Waals surface area contributed by atoms with Crippen LogP contribution in [0.3, 0.4) is 0 Å². The number of hydrogen-bond acceptors (Lipinski definition) is 4. The third-order valence-corrected chi connectivity index (χ3v) is 4.48. The first-order chi connectivity index (χ1) is 10.6. The molecular formula is C16H22N6. The van der Waals surface area contributed by atoms with Crippen molar-refractivity contribution in [2.45, 2.75) is 18.5 Å². The van der Waals surface area contributed by atoms with Crippen LogP contribution >= 0.6 is 0 Å². The number of rotatable bonds is 4. The molecule has 6 nitrogen and oxygen atoms in total. The van der Waals surface area contributed by atoms with Crippen molar-refractivity contribution >= 4 is 0 Å². The van der Waals surface area contributed by atoms with Gasteiger partial charge in [0.2, 0.25) is 0 Å². The van der Waals surface area contributed by atoms with E-state index in [0.29, 0.717) is 17.7 Å². The topological polar surface area (TPSA) is 61.8 Å². The summed E-state index contributed by atoms with van der Waals surface area (Å²) < 4.78 is 3.98. The van der Waals surface area contributed by atoms with Crippen molar-refractivity contribution < 1.29 is 0 Å². The highest BCUT2D eigenvalue weighted by molar-refractivity contribution is 5.28. The number of likely N-dealkylation sites (tertiary alicyclic amines) is 1. The zero-order chi connectivity index (χ0) is 15.7. The van der Waals surface area contributed by atoms with Crippen LogP contribution < -0.4 is 5.32 Å². The largest absolute Gasteiger partial charge is 0.342 e. The first kappa shape index (κ1) is 14.8. The molecule has 0 bridgehead atoms. The Morgan fingerprint density at radius 1 is 1.32 bits per heavy atom. The molecule has 1 saturated heterocycles. The van der Waals surface area contributed by atoms with E-state index in [-0.39, 0.29) is 0 Å². The Hall–Kier alpha value is -2.10. The van der Waals surface area contributed by atoms with Crippen LogP contribution in [0.2, 0.25) is 0 Å². The van der Waals surface area contributed by atoms with Crippen LogP contribution in [-0.2, 0) is 20.6 Å². The summed E-state index contributed by atoms with van der Waals surface area (Å²) in [4.78, 5) is 6.60. The van der Waals surface area contributed by atoms with Crippen LogP contribution in [-0.4, -0.2) is 45.2 Å². The Kier molecular flexibility index (Phi) is 4.01. The van der Waals surface area contributed by atoms with Crippen molar-refractivity contribution in [2.75, 3.05) is 20.1 Å². The molecule has 0 spiro atoms. The summed E-state index contributed by atoms with van der Waals surface area (Å²) >= 11 is 0. The fourth-order valence-electron chi connectivity index (χ4n) is 3.32. The van der Waals surface area contributed by atoms with Crippen LogP contribution in [0.25, 0.3) is 0 Å². The molecule has 0 aliphatic carbocycles. The summed E-state index contributed by atoms with van der Waals surface area (Å²) in [6, 6.07) is 4.55. The predicted molar refractivity (Wildman–Crippen MR) is 84.2 cm³/mol. The fraction of sp³-hybridized carbons (Fsp3) is 0.500. The van der Waals surface area contributed by atoms with Crippen molar-refractivity contribution in [1.29, 1.82) is 5.26 Å². The molecule has 1 fully saturated rings. The molecule has 1 aliphatic rings. The molecule has 1 N–H and O–H groups in total. The second-order valence-electron chi connectivity index (χ2n) is 6.20. The van der Waals surface area contributed by atoms with Crippen LogP contribution in [0.5, 0.6) is 0 Å². The summed E-state index contributed by atoms with van der Waals surface area (Å²) in [5, 5.41) is 12.7. The van der Waals surface area contributed by atoms with E-state index in [0.717, 1.165) is 25.2 Å². The molecule has 0 aromatic carbocycles. The second kappa shape index (κ2) is 5.95. The summed E-state index contributed by atoms with van der Waals surface area (Å²) in [6.45, 7) is 2.84. The van der Waals surface area contributed by atoms with Crippen molar-refractivity contribution in [3.8, 4) is 6.07 Å². The Balaban J connectivity index is 1.70. The van der Waals surface area contributed by atoms with Gasteiger partial charge >= 0.3 is 0 Å². The zero-order valence-electron chi connectivity index (χ0n) is 13.3. The lowest BCUT2D eigenvalue weighted by molar-refractivity contribution is 0.397. The van der Waals surface area contributed by atoms with Gasteiger partial charge in [0, 0.05) is 63.8 Å². The highest BCUT2D eigenvalue weighted by Crippen LogP contribution is 2.26. The first-order valence-corrected chi connectivity index (χ1v) is 7.52. The molecule has 0 saturated carbocycles. The van der Waals surface area contributed by atoms with Gasteiger partial charge < -0.3 is 19.4 Å². The van der Waals surface area contributed by atoms with Gasteiger partial charge in [0.1, 0.15) is 11.8 Å². The number of nitriles is 1. The third kappa shape index (κ3) is 2.78. The molecule has 0 radical (unpaired) electrons. The molecule has 2 aromatic rings. The lowest BCUT2D eigenvalue weighted by Gasteiger charge is -2.20. The maximum Gasteiger partial charge on any atom is 0.120 e. The van der Waals surface area contributed by atoms with E-state index >= 15 is 0 Å². The molecular weight excluding hydrogens is 276 g/mol. The number of likely N-dealkylation sites (N-methyl/N-ethyl adjacent to an activating group) is 1. The molecule has 2 atom stereocenters. The van der Waals surface area contributed by atoms with Gasteiger partial charge in [0.25, 0.3) is 0 Å². The average Bonchev–Trinajstić information content (AvgIpc) is 3.15. The number of nitrogens with zero attached hydrogens (tertiary/aromatic N) is 5. The third-order valence-electron chi connectivity index (χ3n) is 4.48. The van der Waals surface area contributed by atoms with Crippen molar-refractivity contribution in [3.63, 3.8) is 0 Å². The Morgan fingerprint density at radius 2 is 2.14 bits per heavy atom. The monoisotopic (exact) mass is 298 g/mol. The Bertz CT molecular complexity index is 692. The average molecular weight is 298 g/mol. The Labute approximate surface area is 131 Å². The molecule has 6 heteroatoms. The minimum Gasteiger partial charge on any atom is -0.342 e. The van der Waals surface area contributed by atoms with Gasteiger partial charge in [-0.3, -0.25) is 0 Å². The van der Waals surface area contributed by atoms with Gasteiger partial charge in [0.05, 0.1) is 6.33 Å². The summed E-state index contributed by atoms with van der Waals surface area (Å²) in [7, 11) is 6.11. The van der Waals surface area contributed by atoms with Gasteiger partial charge in [-0.1, -0.05) is 0 Å². The van der Waals surface area contributed by atoms with Crippen molar-refractivity contribution in [3.05, 3.63) is 41.7 Å². The molecule has 0 amide bonds. The molecule has 0 unspecified atom stereocenters. The molecule has 2 aromatic heterocycles.